The number of hydrogen-bond acceptors (Lipinski definition) is 4. The van der Waals surface area contributed by atoms with Gasteiger partial charge < -0.3 is 9.64 Å². The topological polar surface area (TPSA) is 75.7 Å². The quantitative estimate of drug-likeness (QED) is 0.847. The molecule has 144 valence electrons. The molecule has 6 nitrogen and oxygen atoms in total. The van der Waals surface area contributed by atoms with Gasteiger partial charge in [0, 0.05) is 19.2 Å². The third-order valence-corrected chi connectivity index (χ3v) is 5.84. The summed E-state index contributed by atoms with van der Waals surface area (Å²) in [5, 5.41) is 0. The van der Waals surface area contributed by atoms with Crippen LogP contribution in [0.3, 0.4) is 0 Å². The number of rotatable bonds is 5. The van der Waals surface area contributed by atoms with Crippen molar-refractivity contribution < 1.29 is 22.3 Å². The summed E-state index contributed by atoms with van der Waals surface area (Å²) < 4.78 is 46.3. The van der Waals surface area contributed by atoms with E-state index in [1.165, 1.54) is 13.2 Å². The van der Waals surface area contributed by atoms with Crippen molar-refractivity contribution in [3.05, 3.63) is 53.8 Å². The Kier molecular flexibility index (Phi) is 5.65. The average molecular weight is 392 g/mol. The van der Waals surface area contributed by atoms with Crippen LogP contribution >= 0.6 is 0 Å². The SMILES string of the molecule is COc1cc(S(=O)(=O)Nc2ccccc2C(=O)N2CCCCC2)ccc1F. The molecule has 1 amide bonds. The number of methoxy groups -OCH3 is 1. The highest BCUT2D eigenvalue weighted by atomic mass is 32.2. The van der Waals surface area contributed by atoms with E-state index in [1.54, 1.807) is 23.1 Å². The van der Waals surface area contributed by atoms with Gasteiger partial charge in [-0.15, -0.1) is 0 Å². The maximum Gasteiger partial charge on any atom is 0.262 e. The Morgan fingerprint density at radius 3 is 2.52 bits per heavy atom. The number of anilines is 1. The zero-order valence-electron chi connectivity index (χ0n) is 14.9. The summed E-state index contributed by atoms with van der Waals surface area (Å²) in [4.78, 5) is 14.4. The van der Waals surface area contributed by atoms with Crippen LogP contribution in [-0.4, -0.2) is 39.4 Å². The number of nitrogens with one attached hydrogen (secondary N) is 1. The smallest absolute Gasteiger partial charge is 0.262 e. The largest absolute Gasteiger partial charge is 0.494 e. The normalized spacial score (nSPS) is 14.7. The van der Waals surface area contributed by atoms with Gasteiger partial charge in [0.1, 0.15) is 0 Å². The van der Waals surface area contributed by atoms with Gasteiger partial charge in [-0.25, -0.2) is 12.8 Å². The molecular weight excluding hydrogens is 371 g/mol. The van der Waals surface area contributed by atoms with E-state index < -0.39 is 15.8 Å². The van der Waals surface area contributed by atoms with Gasteiger partial charge in [-0.2, -0.15) is 0 Å². The van der Waals surface area contributed by atoms with Crippen LogP contribution in [0.25, 0.3) is 0 Å². The molecule has 8 heteroatoms. The molecule has 2 aromatic rings. The first-order valence-corrected chi connectivity index (χ1v) is 10.2. The third kappa shape index (κ3) is 4.21. The number of carbonyl (C=O) groups excluding carboxylic acids is 1. The van der Waals surface area contributed by atoms with E-state index in [4.69, 9.17) is 4.74 Å². The Bertz CT molecular complexity index is 940. The lowest BCUT2D eigenvalue weighted by atomic mass is 10.1. The van der Waals surface area contributed by atoms with Crippen LogP contribution in [-0.2, 0) is 10.0 Å². The Hall–Kier alpha value is -2.61. The number of halogens is 1. The number of carbonyl (C=O) groups is 1. The maximum atomic E-state index is 13.6. The van der Waals surface area contributed by atoms with E-state index in [9.17, 15) is 17.6 Å². The molecule has 1 aliphatic heterocycles. The number of amides is 1. The van der Waals surface area contributed by atoms with Crippen LogP contribution in [0.5, 0.6) is 5.75 Å². The van der Waals surface area contributed by atoms with Crippen molar-refractivity contribution >= 4 is 21.6 Å². The fraction of sp³-hybridized carbons (Fsp3) is 0.316. The van der Waals surface area contributed by atoms with E-state index in [2.05, 4.69) is 4.72 Å². The number of sulfonamides is 1. The molecule has 2 aromatic carbocycles. The van der Waals surface area contributed by atoms with Crippen LogP contribution in [0.1, 0.15) is 29.6 Å². The fourth-order valence-corrected chi connectivity index (χ4v) is 4.13. The van der Waals surface area contributed by atoms with Crippen molar-refractivity contribution in [3.63, 3.8) is 0 Å². The van der Waals surface area contributed by atoms with Gasteiger partial charge in [-0.05, 0) is 43.5 Å². The van der Waals surface area contributed by atoms with Crippen molar-refractivity contribution in [2.24, 2.45) is 0 Å². The van der Waals surface area contributed by atoms with Crippen molar-refractivity contribution in [2.45, 2.75) is 24.2 Å². The van der Waals surface area contributed by atoms with Gasteiger partial charge in [0.15, 0.2) is 11.6 Å². The highest BCUT2D eigenvalue weighted by Gasteiger charge is 2.23. The molecule has 0 aliphatic carbocycles. The number of nitrogens with zero attached hydrogens (tertiary/aromatic N) is 1. The lowest BCUT2D eigenvalue weighted by molar-refractivity contribution is 0.0725. The van der Waals surface area contributed by atoms with E-state index in [-0.39, 0.29) is 27.8 Å². The summed E-state index contributed by atoms with van der Waals surface area (Å²) in [6.45, 7) is 1.32. The number of ether oxygens (including phenoxy) is 1. The molecular formula is C19H21FN2O4S. The lowest BCUT2D eigenvalue weighted by Gasteiger charge is -2.27. The lowest BCUT2D eigenvalue weighted by Crippen LogP contribution is -2.36. The number of para-hydroxylation sites is 1. The van der Waals surface area contributed by atoms with E-state index >= 15 is 0 Å². The molecule has 3 rings (SSSR count). The molecule has 1 aliphatic rings. The first kappa shape index (κ1) is 19.2. The Morgan fingerprint density at radius 1 is 1.11 bits per heavy atom. The predicted molar refractivity (Wildman–Crippen MR) is 100.0 cm³/mol. The Labute approximate surface area is 158 Å². The number of hydrogen-bond donors (Lipinski definition) is 1. The molecule has 0 bridgehead atoms. The fourth-order valence-electron chi connectivity index (χ4n) is 3.04. The molecule has 0 unspecified atom stereocenters. The van der Waals surface area contributed by atoms with Gasteiger partial charge >= 0.3 is 0 Å². The summed E-state index contributed by atoms with van der Waals surface area (Å²) >= 11 is 0. The number of likely N-dealkylation sites (tertiary alicyclic amines) is 1. The summed E-state index contributed by atoms with van der Waals surface area (Å²) in [5.41, 5.74) is 0.480. The summed E-state index contributed by atoms with van der Waals surface area (Å²) in [5.74, 6) is -1.03. The molecule has 0 spiro atoms. The zero-order valence-corrected chi connectivity index (χ0v) is 15.8. The Morgan fingerprint density at radius 2 is 1.81 bits per heavy atom. The highest BCUT2D eigenvalue weighted by molar-refractivity contribution is 7.92. The van der Waals surface area contributed by atoms with Crippen molar-refractivity contribution in [1.29, 1.82) is 0 Å². The van der Waals surface area contributed by atoms with E-state index in [1.807, 2.05) is 0 Å². The van der Waals surface area contributed by atoms with Crippen LogP contribution < -0.4 is 9.46 Å². The first-order chi connectivity index (χ1) is 12.9. The molecule has 1 fully saturated rings. The summed E-state index contributed by atoms with van der Waals surface area (Å²) in [6, 6.07) is 9.75. The second-order valence-electron chi connectivity index (χ2n) is 6.30. The number of piperidine rings is 1. The molecule has 0 atom stereocenters. The van der Waals surface area contributed by atoms with Gasteiger partial charge in [-0.3, -0.25) is 9.52 Å². The molecule has 0 radical (unpaired) electrons. The van der Waals surface area contributed by atoms with Gasteiger partial charge in [0.25, 0.3) is 15.9 Å². The van der Waals surface area contributed by atoms with Crippen LogP contribution in [0.15, 0.2) is 47.4 Å². The minimum absolute atomic E-state index is 0.152. The standard InChI is InChI=1S/C19H21FN2O4S/c1-26-18-13-14(9-10-16(18)20)27(24,25)21-17-8-4-3-7-15(17)19(23)22-11-5-2-6-12-22/h3-4,7-10,13,21H,2,5-6,11-12H2,1H3. The van der Waals surface area contributed by atoms with Gasteiger partial charge in [-0.1, -0.05) is 12.1 Å². The number of benzene rings is 2. The van der Waals surface area contributed by atoms with Crippen LogP contribution in [0.4, 0.5) is 10.1 Å². The van der Waals surface area contributed by atoms with Crippen molar-refractivity contribution in [1.82, 2.24) is 4.90 Å². The molecule has 0 aromatic heterocycles. The zero-order chi connectivity index (χ0) is 19.4. The maximum absolute atomic E-state index is 13.6. The monoisotopic (exact) mass is 392 g/mol. The predicted octanol–water partition coefficient (Wildman–Crippen LogP) is 3.26. The molecule has 0 saturated carbocycles. The molecule has 1 saturated heterocycles. The van der Waals surface area contributed by atoms with Crippen LogP contribution in [0.2, 0.25) is 0 Å². The molecule has 27 heavy (non-hydrogen) atoms. The second kappa shape index (κ2) is 7.96. The van der Waals surface area contributed by atoms with Crippen molar-refractivity contribution in [2.75, 3.05) is 24.9 Å². The van der Waals surface area contributed by atoms with Gasteiger partial charge in [0.2, 0.25) is 0 Å². The van der Waals surface area contributed by atoms with Crippen molar-refractivity contribution in [3.8, 4) is 5.75 Å². The average Bonchev–Trinajstić information content (AvgIpc) is 2.68. The molecule has 1 heterocycles. The Balaban J connectivity index is 1.90. The summed E-state index contributed by atoms with van der Waals surface area (Å²) in [7, 11) is -2.76. The minimum Gasteiger partial charge on any atom is -0.494 e. The third-order valence-electron chi connectivity index (χ3n) is 4.48. The molecule has 1 N–H and O–H groups in total. The van der Waals surface area contributed by atoms with E-state index in [0.29, 0.717) is 13.1 Å². The second-order valence-corrected chi connectivity index (χ2v) is 7.98. The van der Waals surface area contributed by atoms with Gasteiger partial charge in [0.05, 0.1) is 23.3 Å². The first-order valence-electron chi connectivity index (χ1n) is 8.67. The van der Waals surface area contributed by atoms with Crippen LogP contribution in [0, 0.1) is 5.82 Å². The summed E-state index contributed by atoms with van der Waals surface area (Å²) in [6.07, 6.45) is 2.97. The minimum atomic E-state index is -4.02. The highest BCUT2D eigenvalue weighted by Crippen LogP contribution is 2.26. The van der Waals surface area contributed by atoms with E-state index in [0.717, 1.165) is 37.5 Å².